The lowest BCUT2D eigenvalue weighted by atomic mass is 9.66. The van der Waals surface area contributed by atoms with Crippen LogP contribution in [0.3, 0.4) is 0 Å². The minimum absolute atomic E-state index is 0.0601. The van der Waals surface area contributed by atoms with E-state index in [4.69, 9.17) is 9.47 Å². The van der Waals surface area contributed by atoms with E-state index >= 15 is 0 Å². The molecule has 0 radical (unpaired) electrons. The van der Waals surface area contributed by atoms with E-state index in [0.717, 1.165) is 32.1 Å². The van der Waals surface area contributed by atoms with Crippen LogP contribution in [0, 0.1) is 34.5 Å². The standard InChI is InChI=1S/C21H34O4/c1-7-12(3)21(6,11-20(4,5)8-2)19(23)25-16-13-9-14-15(10-13)18(22)24-17(14)16/h12-17H,7-11H2,1-6H3. The molecule has 4 nitrogen and oxygen atoms in total. The molecule has 0 spiro atoms. The average molecular weight is 350 g/mol. The van der Waals surface area contributed by atoms with E-state index in [1.165, 1.54) is 0 Å². The zero-order chi connectivity index (χ0) is 18.6. The van der Waals surface area contributed by atoms with E-state index in [1.54, 1.807) is 0 Å². The van der Waals surface area contributed by atoms with Gasteiger partial charge in [-0.2, -0.15) is 0 Å². The van der Waals surface area contributed by atoms with Crippen LogP contribution in [0.5, 0.6) is 0 Å². The third-order valence-electron chi connectivity index (χ3n) is 7.63. The van der Waals surface area contributed by atoms with Crippen LogP contribution in [0.4, 0.5) is 0 Å². The Hall–Kier alpha value is -1.06. The monoisotopic (exact) mass is 350 g/mol. The van der Waals surface area contributed by atoms with Gasteiger partial charge in [0.1, 0.15) is 12.2 Å². The molecule has 0 aromatic carbocycles. The smallest absolute Gasteiger partial charge is 0.312 e. The van der Waals surface area contributed by atoms with E-state index < -0.39 is 5.41 Å². The minimum Gasteiger partial charge on any atom is -0.458 e. The normalized spacial score (nSPS) is 36.9. The van der Waals surface area contributed by atoms with Crippen LogP contribution in [-0.2, 0) is 19.1 Å². The lowest BCUT2D eigenvalue weighted by Gasteiger charge is -2.40. The van der Waals surface area contributed by atoms with Crippen LogP contribution < -0.4 is 0 Å². The first-order chi connectivity index (χ1) is 11.6. The molecule has 0 aromatic heterocycles. The van der Waals surface area contributed by atoms with Gasteiger partial charge in [0.15, 0.2) is 0 Å². The first-order valence-electron chi connectivity index (χ1n) is 10.0. The Morgan fingerprint density at radius 3 is 2.56 bits per heavy atom. The highest BCUT2D eigenvalue weighted by Crippen LogP contribution is 2.56. The number of hydrogen-bond donors (Lipinski definition) is 0. The van der Waals surface area contributed by atoms with Crippen molar-refractivity contribution >= 4 is 11.9 Å². The van der Waals surface area contributed by atoms with Gasteiger partial charge >= 0.3 is 11.9 Å². The number of ether oxygens (including phenoxy) is 2. The van der Waals surface area contributed by atoms with Gasteiger partial charge in [0.2, 0.25) is 0 Å². The summed E-state index contributed by atoms with van der Waals surface area (Å²) >= 11 is 0. The molecule has 2 saturated carbocycles. The largest absolute Gasteiger partial charge is 0.458 e. The molecule has 0 amide bonds. The second-order valence-corrected chi connectivity index (χ2v) is 9.69. The van der Waals surface area contributed by atoms with E-state index in [9.17, 15) is 9.59 Å². The Balaban J connectivity index is 1.76. The number of fused-ring (bicyclic) bond motifs is 1. The molecule has 142 valence electrons. The zero-order valence-electron chi connectivity index (χ0n) is 16.6. The molecule has 3 aliphatic rings. The fourth-order valence-corrected chi connectivity index (χ4v) is 5.34. The predicted molar refractivity (Wildman–Crippen MR) is 95.7 cm³/mol. The van der Waals surface area contributed by atoms with E-state index in [1.807, 2.05) is 0 Å². The molecule has 0 aromatic rings. The molecule has 2 bridgehead atoms. The second-order valence-electron chi connectivity index (χ2n) is 9.69. The molecule has 1 saturated heterocycles. The molecular formula is C21H34O4. The van der Waals surface area contributed by atoms with Crippen LogP contribution in [0.1, 0.15) is 73.6 Å². The summed E-state index contributed by atoms with van der Waals surface area (Å²) in [4.78, 5) is 25.2. The number of carbonyl (C=O) groups excluding carboxylic acids is 2. The highest BCUT2D eigenvalue weighted by Gasteiger charge is 2.63. The SMILES string of the molecule is CCC(C)C(C)(CC(C)(C)CC)C(=O)OC1C2CC3C(=O)OC1C3C2. The van der Waals surface area contributed by atoms with Crippen molar-refractivity contribution in [2.45, 2.75) is 85.9 Å². The number of hydrogen-bond acceptors (Lipinski definition) is 4. The predicted octanol–water partition coefficient (Wildman–Crippen LogP) is 4.36. The van der Waals surface area contributed by atoms with Gasteiger partial charge in [0.05, 0.1) is 11.3 Å². The van der Waals surface area contributed by atoms with Gasteiger partial charge in [0, 0.05) is 11.8 Å². The number of rotatable bonds is 7. The van der Waals surface area contributed by atoms with Crippen LogP contribution in [0.25, 0.3) is 0 Å². The van der Waals surface area contributed by atoms with Gasteiger partial charge in [-0.05, 0) is 37.5 Å². The summed E-state index contributed by atoms with van der Waals surface area (Å²) in [6.45, 7) is 13.0. The third kappa shape index (κ3) is 3.00. The molecule has 3 rings (SSSR count). The molecule has 2 aliphatic carbocycles. The van der Waals surface area contributed by atoms with Crippen LogP contribution in [-0.4, -0.2) is 24.1 Å². The fourth-order valence-electron chi connectivity index (χ4n) is 5.34. The van der Waals surface area contributed by atoms with Crippen molar-refractivity contribution in [1.82, 2.24) is 0 Å². The Labute approximate surface area is 152 Å². The summed E-state index contributed by atoms with van der Waals surface area (Å²) in [5.41, 5.74) is -0.408. The molecule has 25 heavy (non-hydrogen) atoms. The molecule has 7 atom stereocenters. The molecule has 4 heteroatoms. The summed E-state index contributed by atoms with van der Waals surface area (Å²) in [6.07, 6.45) is 4.18. The summed E-state index contributed by atoms with van der Waals surface area (Å²) in [6, 6.07) is 0. The van der Waals surface area contributed by atoms with Crippen molar-refractivity contribution in [3.8, 4) is 0 Å². The highest BCUT2D eigenvalue weighted by atomic mass is 16.6. The van der Waals surface area contributed by atoms with Crippen molar-refractivity contribution in [2.24, 2.45) is 34.5 Å². The second kappa shape index (κ2) is 6.28. The van der Waals surface area contributed by atoms with Gasteiger partial charge < -0.3 is 9.47 Å². The molecule has 1 heterocycles. The summed E-state index contributed by atoms with van der Waals surface area (Å²) in [5, 5.41) is 0. The molecule has 1 aliphatic heterocycles. The topological polar surface area (TPSA) is 52.6 Å². The Kier molecular flexibility index (Phi) is 4.70. The lowest BCUT2D eigenvalue weighted by molar-refractivity contribution is -0.176. The quantitative estimate of drug-likeness (QED) is 0.640. The first-order valence-corrected chi connectivity index (χ1v) is 10.0. The molecular weight excluding hydrogens is 316 g/mol. The van der Waals surface area contributed by atoms with Crippen molar-refractivity contribution in [3.05, 3.63) is 0 Å². The summed E-state index contributed by atoms with van der Waals surface area (Å²) < 4.78 is 11.6. The Morgan fingerprint density at radius 2 is 1.96 bits per heavy atom. The summed E-state index contributed by atoms with van der Waals surface area (Å²) in [5.74, 6) is 0.717. The van der Waals surface area contributed by atoms with Gasteiger partial charge in [-0.1, -0.05) is 47.5 Å². The maximum Gasteiger partial charge on any atom is 0.312 e. The van der Waals surface area contributed by atoms with Crippen LogP contribution in [0.2, 0.25) is 0 Å². The highest BCUT2D eigenvalue weighted by molar-refractivity contribution is 5.79. The molecule has 3 fully saturated rings. The summed E-state index contributed by atoms with van der Waals surface area (Å²) in [7, 11) is 0. The van der Waals surface area contributed by atoms with Crippen LogP contribution in [0.15, 0.2) is 0 Å². The van der Waals surface area contributed by atoms with Gasteiger partial charge in [-0.25, -0.2) is 0 Å². The van der Waals surface area contributed by atoms with Crippen molar-refractivity contribution in [3.63, 3.8) is 0 Å². The number of carbonyl (C=O) groups is 2. The third-order valence-corrected chi connectivity index (χ3v) is 7.63. The molecule has 0 N–H and O–H groups in total. The van der Waals surface area contributed by atoms with Gasteiger partial charge in [-0.3, -0.25) is 9.59 Å². The minimum atomic E-state index is -0.502. The van der Waals surface area contributed by atoms with E-state index in [-0.39, 0.29) is 47.3 Å². The van der Waals surface area contributed by atoms with Gasteiger partial charge in [-0.15, -0.1) is 0 Å². The maximum absolute atomic E-state index is 13.3. The van der Waals surface area contributed by atoms with E-state index in [2.05, 4.69) is 41.5 Å². The Morgan fingerprint density at radius 1 is 1.28 bits per heavy atom. The van der Waals surface area contributed by atoms with Crippen molar-refractivity contribution < 1.29 is 19.1 Å². The lowest BCUT2D eigenvalue weighted by Crippen LogP contribution is -2.44. The molecule has 7 unspecified atom stereocenters. The van der Waals surface area contributed by atoms with Crippen molar-refractivity contribution in [1.29, 1.82) is 0 Å². The van der Waals surface area contributed by atoms with Gasteiger partial charge in [0.25, 0.3) is 0 Å². The Bertz CT molecular complexity index is 554. The zero-order valence-corrected chi connectivity index (χ0v) is 16.6. The average Bonchev–Trinajstić information content (AvgIpc) is 3.18. The van der Waals surface area contributed by atoms with E-state index in [0.29, 0.717) is 5.92 Å². The first kappa shape index (κ1) is 18.7. The maximum atomic E-state index is 13.3. The van der Waals surface area contributed by atoms with Crippen molar-refractivity contribution in [2.75, 3.05) is 0 Å². The fraction of sp³-hybridized carbons (Fsp3) is 0.905. The van der Waals surface area contributed by atoms with Crippen LogP contribution >= 0.6 is 0 Å². The number of esters is 2.